The molecule has 0 N–H and O–H groups in total. The zero-order valence-electron chi connectivity index (χ0n) is 48.1. The molecular weight excluding hydrogens is 313 g/mol. The van der Waals surface area contributed by atoms with Gasteiger partial charge in [-0.1, -0.05) is 64.2 Å². The van der Waals surface area contributed by atoms with Crippen molar-refractivity contribution in [3.63, 3.8) is 0 Å². The van der Waals surface area contributed by atoms with E-state index in [0.29, 0.717) is 0 Å². The maximum Gasteiger partial charge on any atom is 0.268 e. The molecular formula is C17H38NO4P. The van der Waals surface area contributed by atoms with Gasteiger partial charge in [0.05, 0.1) is 46.7 Å². The monoisotopic (exact) mass is 388 g/mol. The molecule has 1 unspecified atom stereocenters. The molecule has 0 bridgehead atoms. The molecule has 0 radical (unpaired) electrons. The van der Waals surface area contributed by atoms with Crippen molar-refractivity contribution in [3.05, 3.63) is 0 Å². The minimum Gasteiger partial charge on any atom is -0.756 e. The van der Waals surface area contributed by atoms with Crippen LogP contribution in [0.3, 0.4) is 0 Å². The topological polar surface area (TPSA) is 58.6 Å². The molecule has 0 spiro atoms. The Kier molecular flexibility index (Phi) is 1.87. The quantitative estimate of drug-likeness (QED) is 0.295. The van der Waals surface area contributed by atoms with Crippen molar-refractivity contribution >= 4 is 7.82 Å². The van der Waals surface area contributed by atoms with Gasteiger partial charge in [0.1, 0.15) is 13.1 Å². The van der Waals surface area contributed by atoms with E-state index in [-0.39, 0.29) is 0 Å². The number of likely N-dealkylation sites (N-methyl/N-ethyl adjacent to an activating group) is 1. The van der Waals surface area contributed by atoms with E-state index < -0.39 is 123 Å². The molecule has 23 heavy (non-hydrogen) atoms. The van der Waals surface area contributed by atoms with Crippen LogP contribution in [0.5, 0.6) is 0 Å². The molecule has 0 saturated heterocycles. The summed E-state index contributed by atoms with van der Waals surface area (Å²) in [5.41, 5.74) is 0. The fourth-order valence-electron chi connectivity index (χ4n) is 0.521. The van der Waals surface area contributed by atoms with Crippen LogP contribution in [0.2, 0.25) is 0 Å². The summed E-state index contributed by atoms with van der Waals surface area (Å²) < 4.78 is 306. The Labute approximate surface area is 195 Å². The minimum atomic E-state index is -7.33. The van der Waals surface area contributed by atoms with Gasteiger partial charge < -0.3 is 18.4 Å². The van der Waals surface area contributed by atoms with E-state index in [1.165, 1.54) is 0 Å². The van der Waals surface area contributed by atoms with Crippen LogP contribution < -0.4 is 4.89 Å². The Balaban J connectivity index is 7.54. The van der Waals surface area contributed by atoms with Gasteiger partial charge >= 0.3 is 0 Å². The molecule has 0 aliphatic rings. The van der Waals surface area contributed by atoms with Gasteiger partial charge in [-0.05, 0) is 6.37 Å². The van der Waals surface area contributed by atoms with Crippen LogP contribution in [0.1, 0.15) is 121 Å². The molecule has 0 aromatic carbocycles. The lowest BCUT2D eigenvalue weighted by Crippen LogP contribution is -2.37. The fourth-order valence-corrected chi connectivity index (χ4v) is 0.869. The third-order valence-corrected chi connectivity index (χ3v) is 1.78. The standard InChI is InChI=1S/C17H38NO4P/c1-5-6-7-8-9-10-11-12-13-14-16-21-23(19,20)22-17-15-18(2,3)4/h5-17H2,1-4H3/i1D3,2D2,3D3,4D3,5D2,6D2,7D2,8D2,9D2,10D2,11D2,12D2,13D2,14D2,15D2,16D2,17D2. The van der Waals surface area contributed by atoms with E-state index in [0.717, 1.165) is 0 Å². The van der Waals surface area contributed by atoms with Crippen molar-refractivity contribution in [2.75, 3.05) is 40.6 Å². The first kappa shape index (κ1) is 3.22. The molecule has 0 aliphatic carbocycles. The lowest BCUT2D eigenvalue weighted by atomic mass is 10.1. The zero-order valence-corrected chi connectivity index (χ0v) is 12.0. The second-order valence-corrected chi connectivity index (χ2v) is 4.18. The first-order chi connectivity index (χ1) is 25.1. The second kappa shape index (κ2) is 13.4. The van der Waals surface area contributed by atoms with Crippen molar-refractivity contribution in [1.29, 1.82) is 0 Å². The predicted octanol–water partition coefficient (Wildman–Crippen LogP) is 4.12. The summed E-state index contributed by atoms with van der Waals surface area (Å²) in [6.07, 6.45) is -50.4. The highest BCUT2D eigenvalue weighted by molar-refractivity contribution is 7.45. The van der Waals surface area contributed by atoms with Gasteiger partial charge in [0.15, 0.2) is 0 Å². The highest BCUT2D eigenvalue weighted by Gasteiger charge is 2.12. The number of hydrogen-bond donors (Lipinski definition) is 0. The molecule has 140 valence electrons. The summed E-state index contributed by atoms with van der Waals surface area (Å²) in [4.78, 5) is 12.9. The number of rotatable bonds is 16. The Bertz CT molecular complexity index is 1590. The summed E-state index contributed by atoms with van der Waals surface area (Å²) in [7, 11) is -7.33. The third-order valence-electron chi connectivity index (χ3n) is 1.15. The predicted molar refractivity (Wildman–Crippen MR) is 94.3 cm³/mol. The van der Waals surface area contributed by atoms with Gasteiger partial charge in [-0.15, -0.1) is 0 Å². The first-order valence-electron chi connectivity index (χ1n) is 23.7. The van der Waals surface area contributed by atoms with E-state index in [9.17, 15) is 9.46 Å². The zero-order chi connectivity index (χ0) is 50.0. The Morgan fingerprint density at radius 2 is 1.52 bits per heavy atom. The lowest BCUT2D eigenvalue weighted by molar-refractivity contribution is -0.870. The molecule has 0 rings (SSSR count). The maximum atomic E-state index is 12.9. The highest BCUT2D eigenvalue weighted by Crippen LogP contribution is 2.38. The van der Waals surface area contributed by atoms with Gasteiger partial charge in [0.2, 0.25) is 0 Å². The van der Waals surface area contributed by atoms with Crippen molar-refractivity contribution < 1.29 is 73.7 Å². The Morgan fingerprint density at radius 3 is 2.09 bits per heavy atom. The van der Waals surface area contributed by atoms with Crippen molar-refractivity contribution in [3.8, 4) is 0 Å². The number of phosphoric acid groups is 1. The van der Waals surface area contributed by atoms with Crippen LogP contribution in [-0.2, 0) is 13.6 Å². The van der Waals surface area contributed by atoms with Crippen molar-refractivity contribution in [2.45, 2.75) is 70.6 Å². The number of quaternary nitrogens is 1. The van der Waals surface area contributed by atoms with E-state index in [4.69, 9.17) is 50.7 Å². The molecule has 5 nitrogen and oxygen atoms in total. The van der Waals surface area contributed by atoms with Gasteiger partial charge in [-0.2, -0.15) is 0 Å². The smallest absolute Gasteiger partial charge is 0.268 e. The van der Waals surface area contributed by atoms with Crippen LogP contribution in [0.25, 0.3) is 0 Å². The van der Waals surface area contributed by atoms with Crippen molar-refractivity contribution in [1.82, 2.24) is 0 Å². The van der Waals surface area contributed by atoms with Gasteiger partial charge in [-0.25, -0.2) is 0 Å². The van der Waals surface area contributed by atoms with Crippen LogP contribution in [0, 0.1) is 0 Å². The molecule has 0 fully saturated rings. The Morgan fingerprint density at radius 1 is 0.957 bits per heavy atom. The highest BCUT2D eigenvalue weighted by atomic mass is 31.2. The van der Waals surface area contributed by atoms with E-state index in [1.807, 2.05) is 0 Å². The Hall–Kier alpha value is 0.0700. The maximum absolute atomic E-state index is 12.9. The lowest BCUT2D eigenvalue weighted by Gasteiger charge is -2.27. The van der Waals surface area contributed by atoms with E-state index >= 15 is 0 Å². The number of nitrogens with zero attached hydrogens (tertiary/aromatic N) is 1. The molecule has 0 amide bonds. The summed E-state index contributed by atoms with van der Waals surface area (Å²) in [6, 6.07) is 0. The summed E-state index contributed by atoms with van der Waals surface area (Å²) >= 11 is 0. The first-order valence-corrected chi connectivity index (χ1v) is 6.53. The van der Waals surface area contributed by atoms with Crippen molar-refractivity contribution in [2.24, 2.45) is 0 Å². The molecule has 0 heterocycles. The second-order valence-electron chi connectivity index (χ2n) is 2.92. The average molecular weight is 389 g/mol. The summed E-state index contributed by atoms with van der Waals surface area (Å²) in [5.74, 6) is 0. The molecule has 1 atom stereocenters. The van der Waals surface area contributed by atoms with Crippen LogP contribution >= 0.6 is 7.82 Å². The van der Waals surface area contributed by atoms with Gasteiger partial charge in [-0.3, -0.25) is 4.57 Å². The van der Waals surface area contributed by atoms with Gasteiger partial charge in [0.25, 0.3) is 7.82 Å². The summed E-state index contributed by atoms with van der Waals surface area (Å²) in [6.45, 7) is -31.7. The average Bonchev–Trinajstić information content (AvgIpc) is 2.92. The molecule has 0 saturated carbocycles. The molecule has 0 aromatic heterocycles. The van der Waals surface area contributed by atoms with E-state index in [1.54, 1.807) is 0 Å². The van der Waals surface area contributed by atoms with Crippen LogP contribution in [0.15, 0.2) is 0 Å². The minimum absolute atomic E-state index is 3.49. The molecule has 0 aliphatic heterocycles. The van der Waals surface area contributed by atoms with Crippen LogP contribution in [0.4, 0.5) is 0 Å². The third kappa shape index (κ3) is 18.3. The van der Waals surface area contributed by atoms with Crippen LogP contribution in [-0.4, -0.2) is 45.0 Å². The molecule has 0 aromatic rings. The fraction of sp³-hybridized carbons (Fsp3) is 1.00. The summed E-state index contributed by atoms with van der Waals surface area (Å²) in [5, 5.41) is 0. The normalized spacial score (nSPS) is 48.5. The number of phosphoric ester groups is 1. The number of hydrogen-bond acceptors (Lipinski definition) is 4. The SMILES string of the molecule is [2H]C([2H])[N+](C([2H])([2H])[2H])(C([2H])([2H])[2H])C([2H])([2H])C([2H])([2H])OP(=O)([O-])OC([2H])([2H])C([2H])([2H])C([2H])([2H])C([2H])([2H])C([2H])([2H])C([2H])([2H])C([2H])([2H])C([2H])([2H])C([2H])([2H])C([2H])([2H])C([2H])([2H])C([2H])([2H])[2H]. The van der Waals surface area contributed by atoms with Gasteiger partial charge in [0, 0.05) is 31.5 Å². The molecule has 6 heteroatoms. The largest absolute Gasteiger partial charge is 0.756 e. The van der Waals surface area contributed by atoms with E-state index in [2.05, 4.69) is 9.05 Å².